The third kappa shape index (κ3) is 1.50. The summed E-state index contributed by atoms with van der Waals surface area (Å²) in [6, 6.07) is 19.3. The number of aromatic nitrogens is 2. The molecule has 0 N–H and O–H groups in total. The van der Waals surface area contributed by atoms with Crippen LogP contribution in [0.2, 0.25) is 0 Å². The van der Waals surface area contributed by atoms with Gasteiger partial charge in [0.05, 0.1) is 11.0 Å². The van der Waals surface area contributed by atoms with Gasteiger partial charge in [0.25, 0.3) is 0 Å². The number of hydrogen-bond acceptors (Lipinski definition) is 1. The SMILES string of the molecule is c1ccc2c(c1)CCc1cn3c(cc1-2)nc1ccccc13. The van der Waals surface area contributed by atoms with E-state index >= 15 is 0 Å². The molecular weight excluding hydrogens is 256 g/mol. The average molecular weight is 270 g/mol. The maximum absolute atomic E-state index is 4.76. The number of aryl methyl sites for hydroxylation is 2. The molecule has 5 rings (SSSR count). The quantitative estimate of drug-likeness (QED) is 0.467. The number of fused-ring (bicyclic) bond motifs is 6. The Balaban J connectivity index is 1.89. The predicted octanol–water partition coefficient (Wildman–Crippen LogP) is 4.25. The summed E-state index contributed by atoms with van der Waals surface area (Å²) in [6.07, 6.45) is 4.51. The number of nitrogens with zero attached hydrogens (tertiary/aromatic N) is 2. The third-order valence-corrected chi connectivity index (χ3v) is 4.50. The van der Waals surface area contributed by atoms with Crippen LogP contribution in [-0.4, -0.2) is 9.38 Å². The van der Waals surface area contributed by atoms with Gasteiger partial charge in [-0.25, -0.2) is 4.98 Å². The first-order valence-corrected chi connectivity index (χ1v) is 7.38. The Morgan fingerprint density at radius 1 is 0.810 bits per heavy atom. The Hall–Kier alpha value is -2.61. The molecule has 0 spiro atoms. The van der Waals surface area contributed by atoms with E-state index in [1.165, 1.54) is 27.8 Å². The Morgan fingerprint density at radius 3 is 2.62 bits per heavy atom. The smallest absolute Gasteiger partial charge is 0.138 e. The van der Waals surface area contributed by atoms with Gasteiger partial charge in [-0.1, -0.05) is 36.4 Å². The summed E-state index contributed by atoms with van der Waals surface area (Å²) in [5, 5.41) is 0. The molecule has 1 aliphatic rings. The Kier molecular flexibility index (Phi) is 2.09. The average Bonchev–Trinajstić information content (AvgIpc) is 2.90. The van der Waals surface area contributed by atoms with Crippen LogP contribution >= 0.6 is 0 Å². The van der Waals surface area contributed by atoms with E-state index in [9.17, 15) is 0 Å². The number of benzene rings is 2. The van der Waals surface area contributed by atoms with Crippen LogP contribution in [0.1, 0.15) is 11.1 Å². The summed E-state index contributed by atoms with van der Waals surface area (Å²) in [5.41, 5.74) is 8.87. The molecule has 0 bridgehead atoms. The van der Waals surface area contributed by atoms with E-state index in [0.717, 1.165) is 24.0 Å². The van der Waals surface area contributed by atoms with Crippen molar-refractivity contribution in [3.05, 3.63) is 71.9 Å². The van der Waals surface area contributed by atoms with Gasteiger partial charge in [-0.15, -0.1) is 0 Å². The number of hydrogen-bond donors (Lipinski definition) is 0. The molecule has 100 valence electrons. The van der Waals surface area contributed by atoms with Gasteiger partial charge in [0, 0.05) is 6.20 Å². The van der Waals surface area contributed by atoms with Crippen LogP contribution in [0, 0.1) is 0 Å². The lowest BCUT2D eigenvalue weighted by atomic mass is 9.87. The highest BCUT2D eigenvalue weighted by Crippen LogP contribution is 2.34. The molecule has 2 heteroatoms. The minimum Gasteiger partial charge on any atom is -0.299 e. The highest BCUT2D eigenvalue weighted by atomic mass is 15.0. The van der Waals surface area contributed by atoms with Crippen molar-refractivity contribution in [2.45, 2.75) is 12.8 Å². The van der Waals surface area contributed by atoms with Gasteiger partial charge < -0.3 is 0 Å². The Bertz CT molecular complexity index is 995. The molecule has 0 atom stereocenters. The van der Waals surface area contributed by atoms with Crippen molar-refractivity contribution >= 4 is 16.7 Å². The molecule has 0 saturated heterocycles. The van der Waals surface area contributed by atoms with E-state index in [0.29, 0.717) is 0 Å². The standard InChI is InChI=1S/C19H14N2/c1-2-6-15-13(5-1)9-10-14-12-21-18-8-4-3-7-17(18)20-19(21)11-16(14)15/h1-8,11-12H,9-10H2. The third-order valence-electron chi connectivity index (χ3n) is 4.50. The van der Waals surface area contributed by atoms with Crippen LogP contribution in [-0.2, 0) is 12.8 Å². The molecule has 0 aliphatic heterocycles. The van der Waals surface area contributed by atoms with Crippen molar-refractivity contribution in [3.8, 4) is 11.1 Å². The van der Waals surface area contributed by atoms with Gasteiger partial charge in [-0.05, 0) is 53.3 Å². The van der Waals surface area contributed by atoms with Gasteiger partial charge in [0.2, 0.25) is 0 Å². The summed E-state index contributed by atoms with van der Waals surface area (Å²) >= 11 is 0. The lowest BCUT2D eigenvalue weighted by Crippen LogP contribution is -2.05. The highest BCUT2D eigenvalue weighted by molar-refractivity contribution is 5.84. The number of rotatable bonds is 0. The van der Waals surface area contributed by atoms with Crippen molar-refractivity contribution in [3.63, 3.8) is 0 Å². The fourth-order valence-corrected chi connectivity index (χ4v) is 3.47. The van der Waals surface area contributed by atoms with Crippen molar-refractivity contribution in [1.82, 2.24) is 9.38 Å². The molecule has 2 aromatic carbocycles. The molecule has 21 heavy (non-hydrogen) atoms. The zero-order valence-electron chi connectivity index (χ0n) is 11.6. The van der Waals surface area contributed by atoms with Crippen LogP contribution in [0.3, 0.4) is 0 Å². The fraction of sp³-hybridized carbons (Fsp3) is 0.105. The van der Waals surface area contributed by atoms with E-state index in [1.807, 2.05) is 6.07 Å². The summed E-state index contributed by atoms with van der Waals surface area (Å²) in [4.78, 5) is 4.76. The van der Waals surface area contributed by atoms with Gasteiger partial charge in [0.1, 0.15) is 5.65 Å². The van der Waals surface area contributed by atoms with Crippen molar-refractivity contribution in [2.75, 3.05) is 0 Å². The molecule has 2 nitrogen and oxygen atoms in total. The van der Waals surface area contributed by atoms with Gasteiger partial charge >= 0.3 is 0 Å². The first kappa shape index (κ1) is 11.1. The van der Waals surface area contributed by atoms with Gasteiger partial charge in [-0.3, -0.25) is 4.40 Å². The number of imidazole rings is 1. The zero-order valence-corrected chi connectivity index (χ0v) is 11.6. The maximum atomic E-state index is 4.76. The summed E-state index contributed by atoms with van der Waals surface area (Å²) in [5.74, 6) is 0. The molecule has 2 aromatic heterocycles. The van der Waals surface area contributed by atoms with Crippen molar-refractivity contribution < 1.29 is 0 Å². The molecule has 0 amide bonds. The molecule has 1 aliphatic carbocycles. The molecular formula is C19H14N2. The van der Waals surface area contributed by atoms with Gasteiger partial charge in [-0.2, -0.15) is 0 Å². The van der Waals surface area contributed by atoms with E-state index in [2.05, 4.69) is 59.1 Å². The molecule has 0 fully saturated rings. The first-order valence-electron chi connectivity index (χ1n) is 7.38. The fourth-order valence-electron chi connectivity index (χ4n) is 3.47. The highest BCUT2D eigenvalue weighted by Gasteiger charge is 2.17. The topological polar surface area (TPSA) is 17.3 Å². The van der Waals surface area contributed by atoms with Crippen LogP contribution in [0.25, 0.3) is 27.8 Å². The predicted molar refractivity (Wildman–Crippen MR) is 85.5 cm³/mol. The lowest BCUT2D eigenvalue weighted by molar-refractivity contribution is 0.928. The van der Waals surface area contributed by atoms with Crippen LogP contribution in [0.15, 0.2) is 60.8 Å². The minimum atomic E-state index is 1.03. The Labute approximate surface area is 122 Å². The zero-order chi connectivity index (χ0) is 13.8. The second-order valence-corrected chi connectivity index (χ2v) is 5.70. The maximum Gasteiger partial charge on any atom is 0.138 e. The van der Waals surface area contributed by atoms with Crippen LogP contribution in [0.4, 0.5) is 0 Å². The summed E-state index contributed by atoms with van der Waals surface area (Å²) in [6.45, 7) is 0. The minimum absolute atomic E-state index is 1.03. The van der Waals surface area contributed by atoms with E-state index in [-0.39, 0.29) is 0 Å². The lowest BCUT2D eigenvalue weighted by Gasteiger charge is -2.19. The number of para-hydroxylation sites is 2. The first-order chi connectivity index (χ1) is 10.4. The van der Waals surface area contributed by atoms with Crippen molar-refractivity contribution in [1.29, 1.82) is 0 Å². The monoisotopic (exact) mass is 270 g/mol. The summed E-state index contributed by atoms with van der Waals surface area (Å²) < 4.78 is 2.22. The molecule has 2 heterocycles. The van der Waals surface area contributed by atoms with Crippen molar-refractivity contribution in [2.24, 2.45) is 0 Å². The Morgan fingerprint density at radius 2 is 1.62 bits per heavy atom. The molecule has 0 radical (unpaired) electrons. The second-order valence-electron chi connectivity index (χ2n) is 5.70. The van der Waals surface area contributed by atoms with Crippen LogP contribution < -0.4 is 0 Å². The molecule has 4 aromatic rings. The van der Waals surface area contributed by atoms with E-state index in [1.54, 1.807) is 0 Å². The van der Waals surface area contributed by atoms with Crippen LogP contribution in [0.5, 0.6) is 0 Å². The number of pyridine rings is 1. The van der Waals surface area contributed by atoms with E-state index < -0.39 is 0 Å². The normalized spacial score (nSPS) is 13.3. The molecule has 0 unspecified atom stereocenters. The van der Waals surface area contributed by atoms with E-state index in [4.69, 9.17) is 4.98 Å². The summed E-state index contributed by atoms with van der Waals surface area (Å²) in [7, 11) is 0. The second kappa shape index (κ2) is 3.95. The largest absolute Gasteiger partial charge is 0.299 e. The molecule has 0 saturated carbocycles. The van der Waals surface area contributed by atoms with Gasteiger partial charge in [0.15, 0.2) is 0 Å².